The maximum atomic E-state index is 13.0. The highest BCUT2D eigenvalue weighted by Crippen LogP contribution is 2.34. The molecule has 0 unspecified atom stereocenters. The molecule has 0 aliphatic rings. The van der Waals surface area contributed by atoms with Gasteiger partial charge >= 0.3 is 12.2 Å². The fraction of sp³-hybridized carbons (Fsp3) is 0.227. The van der Waals surface area contributed by atoms with E-state index in [2.05, 4.69) is 15.7 Å². The number of carbonyl (C=O) groups is 1. The molecule has 0 bridgehead atoms. The number of halogens is 3. The molecule has 2 aromatic carbocycles. The van der Waals surface area contributed by atoms with Gasteiger partial charge in [0.05, 0.1) is 16.9 Å². The zero-order chi connectivity index (χ0) is 22.4. The van der Waals surface area contributed by atoms with E-state index in [0.29, 0.717) is 12.1 Å². The zero-order valence-corrected chi connectivity index (χ0v) is 16.7. The predicted octanol–water partition coefficient (Wildman–Crippen LogP) is 4.45. The van der Waals surface area contributed by atoms with Gasteiger partial charge in [-0.3, -0.25) is 4.79 Å². The van der Waals surface area contributed by atoms with Crippen LogP contribution in [0.3, 0.4) is 0 Å². The minimum atomic E-state index is -4.57. The first-order valence-electron chi connectivity index (χ1n) is 9.60. The van der Waals surface area contributed by atoms with Crippen molar-refractivity contribution in [3.63, 3.8) is 0 Å². The van der Waals surface area contributed by atoms with Crippen molar-refractivity contribution in [2.75, 3.05) is 11.9 Å². The summed E-state index contributed by atoms with van der Waals surface area (Å²) in [6, 6.07) is 14.8. The molecule has 6 nitrogen and oxygen atoms in total. The number of alkyl halides is 3. The molecule has 2 N–H and O–H groups in total. The summed E-state index contributed by atoms with van der Waals surface area (Å²) in [7, 11) is 0. The first-order valence-corrected chi connectivity index (χ1v) is 9.60. The fourth-order valence-corrected chi connectivity index (χ4v) is 2.92. The molecule has 0 aliphatic heterocycles. The Morgan fingerprint density at radius 2 is 1.74 bits per heavy atom. The Kier molecular flexibility index (Phi) is 6.74. The highest BCUT2D eigenvalue weighted by atomic mass is 19.4. The number of amides is 2. The number of para-hydroxylation sites is 1. The van der Waals surface area contributed by atoms with Crippen LogP contribution < -0.4 is 16.2 Å². The van der Waals surface area contributed by atoms with Gasteiger partial charge in [-0.2, -0.15) is 18.3 Å². The van der Waals surface area contributed by atoms with Gasteiger partial charge in [0.1, 0.15) is 0 Å². The van der Waals surface area contributed by atoms with Crippen molar-refractivity contribution in [2.45, 2.75) is 26.1 Å². The summed E-state index contributed by atoms with van der Waals surface area (Å²) in [5.74, 6) is 0. The van der Waals surface area contributed by atoms with E-state index in [4.69, 9.17) is 0 Å². The molecule has 0 radical (unpaired) electrons. The van der Waals surface area contributed by atoms with E-state index in [9.17, 15) is 22.8 Å². The number of benzene rings is 2. The van der Waals surface area contributed by atoms with Gasteiger partial charge in [-0.15, -0.1) is 0 Å². The van der Waals surface area contributed by atoms with E-state index < -0.39 is 17.8 Å². The quantitative estimate of drug-likeness (QED) is 0.568. The third kappa shape index (κ3) is 5.94. The molecule has 2 amide bonds. The number of aryl methyl sites for hydroxylation is 2. The minimum Gasteiger partial charge on any atom is -0.338 e. The van der Waals surface area contributed by atoms with Gasteiger partial charge in [0.2, 0.25) is 0 Å². The molecule has 0 fully saturated rings. The first kappa shape index (κ1) is 22.1. The van der Waals surface area contributed by atoms with Crippen molar-refractivity contribution in [3.8, 4) is 11.3 Å². The summed E-state index contributed by atoms with van der Waals surface area (Å²) >= 11 is 0. The smallest absolute Gasteiger partial charge is 0.338 e. The van der Waals surface area contributed by atoms with Gasteiger partial charge in [-0.25, -0.2) is 9.48 Å². The number of hydrogen-bond acceptors (Lipinski definition) is 3. The largest absolute Gasteiger partial charge is 0.418 e. The van der Waals surface area contributed by atoms with Crippen molar-refractivity contribution in [1.82, 2.24) is 15.1 Å². The molecule has 1 aromatic heterocycles. The number of nitrogens with zero attached hydrogens (tertiary/aromatic N) is 2. The number of nitrogens with one attached hydrogen (secondary N) is 2. The number of rotatable bonds is 6. The SMILES string of the molecule is Cc1ccc(-c2ccc(=O)n(CCCNC(=O)Nc3ccccc3C(F)(F)F)n2)cc1. The summed E-state index contributed by atoms with van der Waals surface area (Å²) < 4.78 is 40.3. The lowest BCUT2D eigenvalue weighted by Gasteiger charge is -2.14. The Labute approximate surface area is 176 Å². The Balaban J connectivity index is 1.55. The molecule has 9 heteroatoms. The lowest BCUT2D eigenvalue weighted by atomic mass is 10.1. The summed E-state index contributed by atoms with van der Waals surface area (Å²) in [5.41, 5.74) is 1.11. The summed E-state index contributed by atoms with van der Waals surface area (Å²) in [4.78, 5) is 24.0. The monoisotopic (exact) mass is 430 g/mol. The van der Waals surface area contributed by atoms with Gasteiger partial charge in [-0.05, 0) is 31.5 Å². The normalized spacial score (nSPS) is 11.2. The lowest BCUT2D eigenvalue weighted by Crippen LogP contribution is -2.32. The van der Waals surface area contributed by atoms with Crippen LogP contribution in [0.15, 0.2) is 65.5 Å². The highest BCUT2D eigenvalue weighted by Gasteiger charge is 2.33. The Morgan fingerprint density at radius 3 is 2.45 bits per heavy atom. The molecule has 0 saturated carbocycles. The first-order chi connectivity index (χ1) is 14.7. The molecule has 0 spiro atoms. The Hall–Kier alpha value is -3.62. The van der Waals surface area contributed by atoms with Crippen molar-refractivity contribution in [3.05, 3.63) is 82.1 Å². The second-order valence-electron chi connectivity index (χ2n) is 6.92. The molecular weight excluding hydrogens is 409 g/mol. The van der Waals surface area contributed by atoms with Crippen molar-refractivity contribution >= 4 is 11.7 Å². The van der Waals surface area contributed by atoms with Crippen molar-refractivity contribution in [2.24, 2.45) is 0 Å². The lowest BCUT2D eigenvalue weighted by molar-refractivity contribution is -0.136. The van der Waals surface area contributed by atoms with E-state index in [1.54, 1.807) is 6.07 Å². The van der Waals surface area contributed by atoms with Crippen LogP contribution in [0.1, 0.15) is 17.5 Å². The number of urea groups is 1. The fourth-order valence-electron chi connectivity index (χ4n) is 2.92. The Bertz CT molecular complexity index is 1110. The third-order valence-corrected chi connectivity index (χ3v) is 4.53. The van der Waals surface area contributed by atoms with Crippen molar-refractivity contribution in [1.29, 1.82) is 0 Å². The van der Waals surface area contributed by atoms with Crippen LogP contribution >= 0.6 is 0 Å². The highest BCUT2D eigenvalue weighted by molar-refractivity contribution is 5.90. The van der Waals surface area contributed by atoms with Crippen molar-refractivity contribution < 1.29 is 18.0 Å². The van der Waals surface area contributed by atoms with Crippen LogP contribution in [0, 0.1) is 6.92 Å². The van der Waals surface area contributed by atoms with E-state index >= 15 is 0 Å². The molecular formula is C22H21F3N4O2. The molecule has 162 valence electrons. The van der Waals surface area contributed by atoms with Gasteiger partial charge in [0, 0.05) is 24.7 Å². The molecule has 0 aliphatic carbocycles. The minimum absolute atomic E-state index is 0.156. The van der Waals surface area contributed by atoms with E-state index in [1.165, 1.54) is 28.9 Å². The second kappa shape index (κ2) is 9.46. The van der Waals surface area contributed by atoms with Crippen LogP contribution in [-0.2, 0) is 12.7 Å². The molecule has 31 heavy (non-hydrogen) atoms. The standard InChI is InChI=1S/C22H21F3N4O2/c1-15-7-9-16(10-8-15)18-11-12-20(30)29(28-18)14-4-13-26-21(31)27-19-6-3-2-5-17(19)22(23,24)25/h2-3,5-12H,4,13-14H2,1H3,(H2,26,27,31). The number of hydrogen-bond donors (Lipinski definition) is 2. The van der Waals surface area contributed by atoms with E-state index in [-0.39, 0.29) is 24.3 Å². The van der Waals surface area contributed by atoms with Gasteiger partial charge in [-0.1, -0.05) is 42.0 Å². The van der Waals surface area contributed by atoms with E-state index in [1.807, 2.05) is 31.2 Å². The summed E-state index contributed by atoms with van der Waals surface area (Å²) in [6.45, 7) is 2.38. The zero-order valence-electron chi connectivity index (χ0n) is 16.7. The average Bonchev–Trinajstić information content (AvgIpc) is 2.72. The molecule has 1 heterocycles. The molecule has 0 atom stereocenters. The second-order valence-corrected chi connectivity index (χ2v) is 6.92. The maximum Gasteiger partial charge on any atom is 0.418 e. The summed E-state index contributed by atoms with van der Waals surface area (Å²) in [5, 5.41) is 9.05. The number of anilines is 1. The molecule has 0 saturated heterocycles. The molecule has 3 aromatic rings. The van der Waals surface area contributed by atoms with Gasteiger partial charge in [0.15, 0.2) is 0 Å². The molecule has 3 rings (SSSR count). The van der Waals surface area contributed by atoms with Crippen LogP contribution in [0.25, 0.3) is 11.3 Å². The van der Waals surface area contributed by atoms with Crippen LogP contribution in [0.5, 0.6) is 0 Å². The van der Waals surface area contributed by atoms with Gasteiger partial charge < -0.3 is 10.6 Å². The maximum absolute atomic E-state index is 13.0. The predicted molar refractivity (Wildman–Crippen MR) is 112 cm³/mol. The van der Waals surface area contributed by atoms with Crippen LogP contribution in [0.2, 0.25) is 0 Å². The van der Waals surface area contributed by atoms with E-state index in [0.717, 1.165) is 17.2 Å². The topological polar surface area (TPSA) is 76.0 Å². The third-order valence-electron chi connectivity index (χ3n) is 4.53. The summed E-state index contributed by atoms with van der Waals surface area (Å²) in [6.07, 6.45) is -4.20. The van der Waals surface area contributed by atoms with Gasteiger partial charge in [0.25, 0.3) is 5.56 Å². The van der Waals surface area contributed by atoms with Crippen LogP contribution in [-0.4, -0.2) is 22.4 Å². The Morgan fingerprint density at radius 1 is 1.03 bits per heavy atom. The van der Waals surface area contributed by atoms with Crippen LogP contribution in [0.4, 0.5) is 23.7 Å². The average molecular weight is 430 g/mol. The number of aromatic nitrogens is 2. The number of carbonyl (C=O) groups excluding carboxylic acids is 1.